The summed E-state index contributed by atoms with van der Waals surface area (Å²) in [6.45, 7) is 9.26. The second-order valence-electron chi connectivity index (χ2n) is 17.2. The van der Waals surface area contributed by atoms with Crippen molar-refractivity contribution in [3.8, 4) is 6.07 Å². The number of nitriles is 1. The minimum atomic E-state index is -4.59. The Kier molecular flexibility index (Phi) is 9.81. The molecule has 0 bridgehead atoms. The van der Waals surface area contributed by atoms with Gasteiger partial charge in [-0.25, -0.2) is 0 Å². The zero-order valence-electron chi connectivity index (χ0n) is 33.0. The Bertz CT molecular complexity index is 2220. The zero-order valence-corrected chi connectivity index (χ0v) is 33.0. The number of nitrogens with one attached hydrogen (secondary N) is 1. The third-order valence-corrected chi connectivity index (χ3v) is 13.7. The van der Waals surface area contributed by atoms with E-state index in [1.165, 1.54) is 6.07 Å². The third-order valence-electron chi connectivity index (χ3n) is 13.7. The summed E-state index contributed by atoms with van der Waals surface area (Å²) in [5, 5.41) is 11.6. The highest BCUT2D eigenvalue weighted by Crippen LogP contribution is 2.46. The Labute approximate surface area is 341 Å². The van der Waals surface area contributed by atoms with Crippen molar-refractivity contribution in [3.63, 3.8) is 0 Å². The minimum absolute atomic E-state index is 0.00347. The highest BCUT2D eigenvalue weighted by molar-refractivity contribution is 6.05. The van der Waals surface area contributed by atoms with Crippen LogP contribution in [0.3, 0.4) is 0 Å². The Morgan fingerprint density at radius 1 is 0.847 bits per heavy atom. The number of fused-ring (bicyclic) bond motifs is 1. The Morgan fingerprint density at radius 2 is 1.54 bits per heavy atom. The fourth-order valence-electron chi connectivity index (χ4n) is 10.2. The molecule has 15 heteroatoms. The first kappa shape index (κ1) is 38.9. The van der Waals surface area contributed by atoms with Gasteiger partial charge in [0.15, 0.2) is 0 Å². The van der Waals surface area contributed by atoms with Gasteiger partial charge in [0.2, 0.25) is 11.8 Å². The van der Waals surface area contributed by atoms with E-state index >= 15 is 0 Å². The van der Waals surface area contributed by atoms with E-state index in [-0.39, 0.29) is 41.2 Å². The van der Waals surface area contributed by atoms with E-state index in [9.17, 15) is 37.6 Å². The first-order chi connectivity index (χ1) is 28.3. The number of carbonyl (C=O) groups is 4. The highest BCUT2D eigenvalue weighted by Gasteiger charge is 2.45. The van der Waals surface area contributed by atoms with Crippen LogP contribution in [0.2, 0.25) is 0 Å². The second-order valence-corrected chi connectivity index (χ2v) is 17.2. The number of carbonyl (C=O) groups excluding carboxylic acids is 4. The van der Waals surface area contributed by atoms with Crippen molar-refractivity contribution in [1.82, 2.24) is 20.0 Å². The van der Waals surface area contributed by atoms with Crippen LogP contribution in [-0.2, 0) is 22.3 Å². The Morgan fingerprint density at radius 3 is 2.22 bits per heavy atom. The van der Waals surface area contributed by atoms with Crippen molar-refractivity contribution >= 4 is 40.7 Å². The number of benzene rings is 3. The monoisotopic (exact) mass is 808 g/mol. The number of imide groups is 1. The molecule has 5 fully saturated rings. The summed E-state index contributed by atoms with van der Waals surface area (Å²) < 4.78 is 41.1. The molecule has 0 aromatic heterocycles. The van der Waals surface area contributed by atoms with Crippen LogP contribution in [0.5, 0.6) is 0 Å². The number of piperazine rings is 1. The maximum Gasteiger partial charge on any atom is 0.417 e. The van der Waals surface area contributed by atoms with E-state index in [0.29, 0.717) is 55.5 Å². The van der Waals surface area contributed by atoms with Gasteiger partial charge in [0.1, 0.15) is 6.04 Å². The third kappa shape index (κ3) is 7.25. The molecule has 3 aromatic carbocycles. The van der Waals surface area contributed by atoms with Crippen LogP contribution in [0.25, 0.3) is 0 Å². The fourth-order valence-corrected chi connectivity index (χ4v) is 10.2. The van der Waals surface area contributed by atoms with E-state index in [0.717, 1.165) is 81.5 Å². The van der Waals surface area contributed by atoms with Gasteiger partial charge in [-0.3, -0.25) is 29.4 Å². The van der Waals surface area contributed by atoms with E-state index in [4.69, 9.17) is 0 Å². The molecular weight excluding hydrogens is 762 g/mol. The maximum absolute atomic E-state index is 13.7. The van der Waals surface area contributed by atoms with Gasteiger partial charge in [-0.2, -0.15) is 18.4 Å². The average molecular weight is 809 g/mol. The van der Waals surface area contributed by atoms with Gasteiger partial charge in [-0.05, 0) is 98.2 Å². The molecule has 6 heterocycles. The summed E-state index contributed by atoms with van der Waals surface area (Å²) in [7, 11) is 0. The number of hydrogen-bond donors (Lipinski definition) is 1. The van der Waals surface area contributed by atoms with E-state index in [1.807, 2.05) is 47.4 Å². The molecule has 0 saturated carbocycles. The van der Waals surface area contributed by atoms with Crippen LogP contribution in [0.15, 0.2) is 60.7 Å². The number of amides is 4. The van der Waals surface area contributed by atoms with Crippen molar-refractivity contribution in [3.05, 3.63) is 88.5 Å². The molecule has 1 unspecified atom stereocenters. The molecule has 2 atom stereocenters. The van der Waals surface area contributed by atoms with Gasteiger partial charge in [0.25, 0.3) is 11.8 Å². The van der Waals surface area contributed by atoms with Crippen LogP contribution >= 0.6 is 0 Å². The standard InChI is InChI=1S/C44H47F3N8O4/c1-28-22-43(27-55(28)34-9-4-30(23-48)37(21-34)44(45,46)47)12-14-50(15-13-43)32-6-2-29(3-7-32)41(58)52-18-16-51(17-19-52)35-25-53(26-35)33-8-5-31-24-54(42(59)36(31)20-33)38-10-11-39(56)49-40(38)57/h2-9,20-21,28,35,38H,10-19,22,24-27H2,1H3,(H,49,56,57)/t28-,38?/m0/s1. The number of rotatable bonds is 6. The summed E-state index contributed by atoms with van der Waals surface area (Å²) >= 11 is 0. The molecule has 12 nitrogen and oxygen atoms in total. The SMILES string of the molecule is C[C@H]1CC2(CCN(c3ccc(C(=O)N4CCN(C5CN(c6ccc7c(c6)C(=O)N(C6CCC(=O)NC6=O)C7)C5)CC4)cc3)CC2)CN1c1ccc(C#N)c(C(F)(F)F)c1. The Hall–Kier alpha value is -5.62. The number of piperidine rings is 2. The van der Waals surface area contributed by atoms with Crippen LogP contribution in [-0.4, -0.2) is 115 Å². The fraction of sp³-hybridized carbons (Fsp3) is 0.477. The van der Waals surface area contributed by atoms with Gasteiger partial charge in [0, 0.05) is 112 Å². The quantitative estimate of drug-likeness (QED) is 0.348. The molecule has 6 aliphatic rings. The molecular formula is C44H47F3N8O4. The molecule has 9 rings (SSSR count). The lowest BCUT2D eigenvalue weighted by atomic mass is 9.76. The average Bonchev–Trinajstić information content (AvgIpc) is 3.71. The molecule has 0 radical (unpaired) electrons. The lowest BCUT2D eigenvalue weighted by Gasteiger charge is -2.49. The first-order valence-electron chi connectivity index (χ1n) is 20.6. The van der Waals surface area contributed by atoms with Crippen LogP contribution in [0.4, 0.5) is 30.2 Å². The van der Waals surface area contributed by atoms with Crippen molar-refractivity contribution in [2.45, 2.75) is 69.9 Å². The molecule has 4 amide bonds. The molecule has 3 aromatic rings. The van der Waals surface area contributed by atoms with Crippen molar-refractivity contribution < 1.29 is 32.3 Å². The smallest absolute Gasteiger partial charge is 0.371 e. The molecule has 0 aliphatic carbocycles. The van der Waals surface area contributed by atoms with Gasteiger partial charge in [0.05, 0.1) is 17.2 Å². The summed E-state index contributed by atoms with van der Waals surface area (Å²) in [5.74, 6) is -0.860. The molecule has 59 heavy (non-hydrogen) atoms. The van der Waals surface area contributed by atoms with Crippen molar-refractivity contribution in [2.75, 3.05) is 73.6 Å². The minimum Gasteiger partial charge on any atom is -0.371 e. The largest absolute Gasteiger partial charge is 0.417 e. The van der Waals surface area contributed by atoms with Crippen LogP contribution < -0.4 is 20.0 Å². The van der Waals surface area contributed by atoms with Crippen LogP contribution in [0, 0.1) is 16.7 Å². The van der Waals surface area contributed by atoms with Gasteiger partial charge >= 0.3 is 6.18 Å². The number of alkyl halides is 3. The number of nitrogens with zero attached hydrogens (tertiary/aromatic N) is 7. The predicted octanol–water partition coefficient (Wildman–Crippen LogP) is 4.87. The highest BCUT2D eigenvalue weighted by atomic mass is 19.4. The normalized spacial score (nSPS) is 23.7. The Balaban J connectivity index is 0.737. The van der Waals surface area contributed by atoms with Gasteiger partial charge in [-0.15, -0.1) is 0 Å². The lowest BCUT2D eigenvalue weighted by Crippen LogP contribution is -2.63. The van der Waals surface area contributed by atoms with E-state index < -0.39 is 23.7 Å². The van der Waals surface area contributed by atoms with Gasteiger partial charge < -0.3 is 24.5 Å². The molecule has 1 N–H and O–H groups in total. The van der Waals surface area contributed by atoms with Crippen LogP contribution in [0.1, 0.15) is 76.4 Å². The molecule has 1 spiro atoms. The van der Waals surface area contributed by atoms with E-state index in [1.54, 1.807) is 17.0 Å². The first-order valence-corrected chi connectivity index (χ1v) is 20.6. The topological polar surface area (TPSA) is 124 Å². The summed E-state index contributed by atoms with van der Waals surface area (Å²) in [6, 6.07) is 19.3. The zero-order chi connectivity index (χ0) is 41.2. The lowest BCUT2D eigenvalue weighted by molar-refractivity contribution is -0.138. The number of halogens is 3. The van der Waals surface area contributed by atoms with E-state index in [2.05, 4.69) is 31.8 Å². The molecule has 5 saturated heterocycles. The molecule has 308 valence electrons. The summed E-state index contributed by atoms with van der Waals surface area (Å²) in [5.41, 5.74) is 3.46. The summed E-state index contributed by atoms with van der Waals surface area (Å²) in [4.78, 5) is 63.5. The maximum atomic E-state index is 13.7. The van der Waals surface area contributed by atoms with Crippen molar-refractivity contribution in [1.29, 1.82) is 5.26 Å². The number of hydrogen-bond acceptors (Lipinski definition) is 9. The second kappa shape index (κ2) is 14.9. The predicted molar refractivity (Wildman–Crippen MR) is 214 cm³/mol. The molecule has 6 aliphatic heterocycles. The summed E-state index contributed by atoms with van der Waals surface area (Å²) in [6.07, 6.45) is -1.30. The van der Waals surface area contributed by atoms with Crippen molar-refractivity contribution in [2.24, 2.45) is 5.41 Å². The van der Waals surface area contributed by atoms with Gasteiger partial charge in [-0.1, -0.05) is 6.07 Å². The number of anilines is 3.